The molecule has 0 spiro atoms. The van der Waals surface area contributed by atoms with Crippen molar-refractivity contribution in [3.8, 4) is 0 Å². The fourth-order valence-electron chi connectivity index (χ4n) is 4.91. The van der Waals surface area contributed by atoms with E-state index < -0.39 is 0 Å². The third-order valence-corrected chi connectivity index (χ3v) is 6.35. The average Bonchev–Trinajstić information content (AvgIpc) is 2.84. The van der Waals surface area contributed by atoms with Gasteiger partial charge in [0.15, 0.2) is 0 Å². The van der Waals surface area contributed by atoms with E-state index in [1.807, 2.05) is 30.6 Å². The van der Waals surface area contributed by atoms with Crippen LogP contribution in [0.5, 0.6) is 0 Å². The van der Waals surface area contributed by atoms with E-state index in [0.717, 1.165) is 74.1 Å². The molecule has 6 heteroatoms. The first-order valence-corrected chi connectivity index (χ1v) is 13.8. The Kier molecular flexibility index (Phi) is 18.3. The summed E-state index contributed by atoms with van der Waals surface area (Å²) in [4.78, 5) is 14.8. The van der Waals surface area contributed by atoms with E-state index in [1.165, 1.54) is 33.4 Å². The number of hydrogen-bond acceptors (Lipinski definition) is 3. The predicted octanol–water partition coefficient (Wildman–Crippen LogP) is 3.02. The van der Waals surface area contributed by atoms with Gasteiger partial charge in [-0.15, -0.1) is 0 Å². The smallest absolute Gasteiger partial charge is 1.00 e. The Hall–Kier alpha value is -1.91. The Labute approximate surface area is 261 Å². The zero-order chi connectivity index (χ0) is 25.9. The van der Waals surface area contributed by atoms with Crippen LogP contribution >= 0.6 is 0 Å². The zero-order valence-corrected chi connectivity index (χ0v) is 27.3. The van der Waals surface area contributed by atoms with Crippen LogP contribution in [0.4, 0.5) is 11.4 Å². The number of hydrogen-bond donors (Lipinski definition) is 0. The van der Waals surface area contributed by atoms with Crippen molar-refractivity contribution in [3.63, 3.8) is 0 Å². The van der Waals surface area contributed by atoms with Gasteiger partial charge in [-0.2, -0.15) is 0 Å². The minimum atomic E-state index is 0. The number of aromatic nitrogens is 1. The van der Waals surface area contributed by atoms with Gasteiger partial charge in [0.05, 0.1) is 35.2 Å². The first-order valence-electron chi connectivity index (χ1n) is 13.8. The summed E-state index contributed by atoms with van der Waals surface area (Å²) < 4.78 is 0. The van der Waals surface area contributed by atoms with E-state index in [0.29, 0.717) is 0 Å². The predicted molar refractivity (Wildman–Crippen MR) is 157 cm³/mol. The van der Waals surface area contributed by atoms with Crippen LogP contribution in [0.1, 0.15) is 98.1 Å². The van der Waals surface area contributed by atoms with Gasteiger partial charge in [-0.1, -0.05) is 94.8 Å². The monoisotopic (exact) mass is 602 g/mol. The molecule has 3 nitrogen and oxygen atoms in total. The Morgan fingerprint density at radius 1 is 0.590 bits per heavy atom. The summed E-state index contributed by atoms with van der Waals surface area (Å²) in [6.07, 6.45) is 12.4. The van der Waals surface area contributed by atoms with Crippen LogP contribution in [0.25, 0.3) is 0 Å². The minimum absolute atomic E-state index is 0. The van der Waals surface area contributed by atoms with E-state index in [1.54, 1.807) is 0 Å². The van der Waals surface area contributed by atoms with Crippen LogP contribution in [0.3, 0.4) is 0 Å². The van der Waals surface area contributed by atoms with Gasteiger partial charge in [-0.25, -0.2) is 4.98 Å². The molecule has 0 bridgehead atoms. The van der Waals surface area contributed by atoms with Crippen molar-refractivity contribution >= 4 is 23.8 Å². The Bertz CT molecular complexity index is 1080. The van der Waals surface area contributed by atoms with Gasteiger partial charge >= 0.3 is 18.6 Å². The Morgan fingerprint density at radius 3 is 1.18 bits per heavy atom. The molecule has 209 valence electrons. The molecule has 0 aliphatic heterocycles. The van der Waals surface area contributed by atoms with Gasteiger partial charge in [0, 0.05) is 0 Å². The van der Waals surface area contributed by atoms with Crippen molar-refractivity contribution in [1.29, 1.82) is 0 Å². The summed E-state index contributed by atoms with van der Waals surface area (Å²) in [5.74, 6) is 0. The first-order chi connectivity index (χ1) is 17.5. The van der Waals surface area contributed by atoms with Crippen LogP contribution in [-0.2, 0) is 44.2 Å². The summed E-state index contributed by atoms with van der Waals surface area (Å²) in [5.41, 5.74) is 11.9. The van der Waals surface area contributed by atoms with Crippen molar-refractivity contribution in [1.82, 2.24) is 4.98 Å². The molecule has 0 aliphatic rings. The van der Waals surface area contributed by atoms with Gasteiger partial charge in [0.2, 0.25) is 0 Å². The molecule has 0 aliphatic carbocycles. The molecule has 0 amide bonds. The average molecular weight is 604 g/mol. The molecule has 0 unspecified atom stereocenters. The number of aliphatic imine (C=N–C) groups is 2. The third-order valence-electron chi connectivity index (χ3n) is 6.35. The van der Waals surface area contributed by atoms with Crippen LogP contribution in [-0.4, -0.2) is 17.4 Å². The van der Waals surface area contributed by atoms with Crippen LogP contribution < -0.4 is 24.8 Å². The SMILES string of the molecule is CCCc1cc(C)cc(CCC)c1N=Cc1cccc(C=Nc2c(CCC)cc(C)cc2CCC)n1.[Cl-].[Cl-].[V+2]. The van der Waals surface area contributed by atoms with Gasteiger partial charge in [0.1, 0.15) is 0 Å². The standard InChI is InChI=1S/C33H43N3.2ClH.V/c1-7-12-26-18-24(5)19-27(13-8-2)32(26)34-22-30-16-11-17-31(36-30)23-35-33-28(14-9-3)20-25(6)21-29(33)15-10-4;;;/h11,16-23H,7-10,12-15H2,1-6H3;2*1H;/q;;;+2/p-2. The van der Waals surface area contributed by atoms with Gasteiger partial charge in [-0.05, 0) is 73.9 Å². The topological polar surface area (TPSA) is 37.6 Å². The number of rotatable bonds is 12. The summed E-state index contributed by atoms with van der Waals surface area (Å²) in [7, 11) is 0. The zero-order valence-electron chi connectivity index (χ0n) is 24.4. The second kappa shape index (κ2) is 19.2. The maximum atomic E-state index is 4.97. The molecule has 1 radical (unpaired) electrons. The van der Waals surface area contributed by atoms with E-state index >= 15 is 0 Å². The first kappa shape index (κ1) is 37.1. The molecule has 0 saturated carbocycles. The van der Waals surface area contributed by atoms with Crippen LogP contribution in [0, 0.1) is 13.8 Å². The van der Waals surface area contributed by atoms with E-state index in [2.05, 4.69) is 65.8 Å². The maximum absolute atomic E-state index is 4.97. The molecule has 3 rings (SSSR count). The van der Waals surface area contributed by atoms with Crippen molar-refractivity contribution in [3.05, 3.63) is 87.2 Å². The summed E-state index contributed by atoms with van der Waals surface area (Å²) in [6, 6.07) is 15.2. The normalized spacial score (nSPS) is 10.8. The molecule has 3 aromatic rings. The summed E-state index contributed by atoms with van der Waals surface area (Å²) >= 11 is 0. The molecule has 0 atom stereocenters. The molecule has 1 heterocycles. The summed E-state index contributed by atoms with van der Waals surface area (Å²) in [5, 5.41) is 0. The maximum Gasteiger partial charge on any atom is 2.00 e. The van der Waals surface area contributed by atoms with Crippen molar-refractivity contribution in [2.24, 2.45) is 9.98 Å². The van der Waals surface area contributed by atoms with E-state index in [4.69, 9.17) is 15.0 Å². The molecular formula is C33H43Cl2N3V. The van der Waals surface area contributed by atoms with Crippen LogP contribution in [0.2, 0.25) is 0 Å². The number of benzene rings is 2. The second-order valence-electron chi connectivity index (χ2n) is 9.87. The van der Waals surface area contributed by atoms with Crippen molar-refractivity contribution in [2.75, 3.05) is 0 Å². The fraction of sp³-hybridized carbons (Fsp3) is 0.424. The van der Waals surface area contributed by atoms with Crippen LogP contribution in [0.15, 0.2) is 52.4 Å². The van der Waals surface area contributed by atoms with Gasteiger partial charge < -0.3 is 24.8 Å². The largest absolute Gasteiger partial charge is 2.00 e. The number of halogens is 2. The molecular weight excluding hydrogens is 560 g/mol. The Morgan fingerprint density at radius 2 is 0.897 bits per heavy atom. The Balaban J connectivity index is 0.00000481. The molecule has 0 N–H and O–H groups in total. The fourth-order valence-corrected chi connectivity index (χ4v) is 4.91. The molecule has 2 aromatic carbocycles. The molecule has 1 aromatic heterocycles. The number of aryl methyl sites for hydroxylation is 6. The third kappa shape index (κ3) is 10.9. The van der Waals surface area contributed by atoms with E-state index in [9.17, 15) is 0 Å². The number of pyridine rings is 1. The van der Waals surface area contributed by atoms with Gasteiger partial charge in [-0.3, -0.25) is 9.98 Å². The minimum Gasteiger partial charge on any atom is -1.00 e. The molecule has 0 fully saturated rings. The quantitative estimate of drug-likeness (QED) is 0.294. The summed E-state index contributed by atoms with van der Waals surface area (Å²) in [6.45, 7) is 13.3. The van der Waals surface area contributed by atoms with E-state index in [-0.39, 0.29) is 43.4 Å². The van der Waals surface area contributed by atoms with Crippen molar-refractivity contribution in [2.45, 2.75) is 92.9 Å². The molecule has 39 heavy (non-hydrogen) atoms. The van der Waals surface area contributed by atoms with Gasteiger partial charge in [0.25, 0.3) is 0 Å². The second-order valence-corrected chi connectivity index (χ2v) is 9.87. The molecule has 0 saturated heterocycles. The number of nitrogens with zero attached hydrogens (tertiary/aromatic N) is 3. The van der Waals surface area contributed by atoms with Crippen molar-refractivity contribution < 1.29 is 43.4 Å².